The maximum absolute atomic E-state index is 13.0. The molecule has 3 rings (SSSR count). The number of benzene rings is 2. The minimum absolute atomic E-state index is 0.00672. The van der Waals surface area contributed by atoms with E-state index in [1.165, 1.54) is 26.2 Å². The molecule has 0 unspecified atom stereocenters. The smallest absolute Gasteiger partial charge is 0.251 e. The van der Waals surface area contributed by atoms with Crippen molar-refractivity contribution in [3.63, 3.8) is 0 Å². The highest BCUT2D eigenvalue weighted by molar-refractivity contribution is 7.89. The van der Waals surface area contributed by atoms with Gasteiger partial charge in [0.15, 0.2) is 0 Å². The van der Waals surface area contributed by atoms with E-state index in [0.29, 0.717) is 18.8 Å². The van der Waals surface area contributed by atoms with E-state index in [4.69, 9.17) is 4.74 Å². The van der Waals surface area contributed by atoms with Crippen LogP contribution >= 0.6 is 0 Å². The third-order valence-corrected chi connectivity index (χ3v) is 7.10. The van der Waals surface area contributed by atoms with Gasteiger partial charge in [0.05, 0.1) is 24.2 Å². The Morgan fingerprint density at radius 2 is 1.73 bits per heavy atom. The zero-order valence-corrected chi connectivity index (χ0v) is 18.4. The molecule has 0 saturated carbocycles. The van der Waals surface area contributed by atoms with Crippen molar-refractivity contribution in [2.24, 2.45) is 0 Å². The lowest BCUT2D eigenvalue weighted by Crippen LogP contribution is -2.48. The molecule has 8 heteroatoms. The monoisotopic (exact) mass is 431 g/mol. The van der Waals surface area contributed by atoms with Crippen LogP contribution in [0.3, 0.4) is 0 Å². The minimum atomic E-state index is -3.61. The molecule has 7 nitrogen and oxygen atoms in total. The zero-order chi connectivity index (χ0) is 21.7. The van der Waals surface area contributed by atoms with Crippen molar-refractivity contribution < 1.29 is 17.9 Å². The van der Waals surface area contributed by atoms with Crippen LogP contribution < -0.4 is 5.32 Å². The summed E-state index contributed by atoms with van der Waals surface area (Å²) >= 11 is 0. The number of carbonyl (C=O) groups is 1. The maximum Gasteiger partial charge on any atom is 0.251 e. The van der Waals surface area contributed by atoms with Gasteiger partial charge < -0.3 is 10.1 Å². The van der Waals surface area contributed by atoms with Crippen LogP contribution in [0.25, 0.3) is 0 Å². The van der Waals surface area contributed by atoms with Crippen molar-refractivity contribution in [2.75, 3.05) is 40.4 Å². The normalized spacial score (nSPS) is 17.5. The van der Waals surface area contributed by atoms with Gasteiger partial charge in [-0.1, -0.05) is 36.4 Å². The molecule has 0 spiro atoms. The van der Waals surface area contributed by atoms with Crippen LogP contribution in [0.2, 0.25) is 0 Å². The number of sulfonamides is 1. The summed E-state index contributed by atoms with van der Waals surface area (Å²) in [6, 6.07) is 16.0. The lowest BCUT2D eigenvalue weighted by Gasteiger charge is -2.38. The fourth-order valence-corrected chi connectivity index (χ4v) is 4.65. The molecule has 1 fully saturated rings. The number of hydrogen-bond donors (Lipinski definition) is 1. The van der Waals surface area contributed by atoms with E-state index in [1.54, 1.807) is 12.1 Å². The first-order valence-corrected chi connectivity index (χ1v) is 11.4. The van der Waals surface area contributed by atoms with E-state index in [0.717, 1.165) is 23.0 Å². The quantitative estimate of drug-likeness (QED) is 0.727. The summed E-state index contributed by atoms with van der Waals surface area (Å²) in [7, 11) is -0.668. The summed E-state index contributed by atoms with van der Waals surface area (Å²) in [4.78, 5) is 15.4. The van der Waals surface area contributed by atoms with Crippen molar-refractivity contribution >= 4 is 15.9 Å². The van der Waals surface area contributed by atoms with Crippen LogP contribution in [0.15, 0.2) is 59.5 Å². The second-order valence-electron chi connectivity index (χ2n) is 7.58. The van der Waals surface area contributed by atoms with Crippen molar-refractivity contribution in [3.8, 4) is 0 Å². The van der Waals surface area contributed by atoms with Gasteiger partial charge in [-0.05, 0) is 30.7 Å². The molecule has 0 bridgehead atoms. The van der Waals surface area contributed by atoms with Crippen LogP contribution in [0.5, 0.6) is 0 Å². The second kappa shape index (κ2) is 9.70. The largest absolute Gasteiger partial charge is 0.379 e. The van der Waals surface area contributed by atoms with Crippen LogP contribution in [0.4, 0.5) is 0 Å². The minimum Gasteiger partial charge on any atom is -0.379 e. The van der Waals surface area contributed by atoms with Crippen molar-refractivity contribution in [3.05, 3.63) is 65.7 Å². The molecule has 2 atom stereocenters. The summed E-state index contributed by atoms with van der Waals surface area (Å²) in [5.41, 5.74) is 1.44. The SMILES string of the molecule is C[C@H](NC(=O)c1cccc(S(=O)(=O)N(C)C)c1)[C@H](c1ccccc1)N1CCOCC1. The van der Waals surface area contributed by atoms with Crippen LogP contribution in [0.1, 0.15) is 28.9 Å². The number of nitrogens with zero attached hydrogens (tertiary/aromatic N) is 2. The van der Waals surface area contributed by atoms with Crippen molar-refractivity contribution in [2.45, 2.75) is 23.9 Å². The fraction of sp³-hybridized carbons (Fsp3) is 0.409. The van der Waals surface area contributed by atoms with E-state index >= 15 is 0 Å². The molecule has 1 aliphatic rings. The highest BCUT2D eigenvalue weighted by atomic mass is 32.2. The zero-order valence-electron chi connectivity index (χ0n) is 17.6. The second-order valence-corrected chi connectivity index (χ2v) is 9.73. The molecule has 1 saturated heterocycles. The first-order valence-electron chi connectivity index (χ1n) is 10.0. The fourth-order valence-electron chi connectivity index (χ4n) is 3.70. The molecule has 162 valence electrons. The number of nitrogens with one attached hydrogen (secondary N) is 1. The number of carbonyl (C=O) groups excluding carboxylic acids is 1. The molecular weight excluding hydrogens is 402 g/mol. The number of morpholine rings is 1. The molecular formula is C22H29N3O4S. The highest BCUT2D eigenvalue weighted by Gasteiger charge is 2.29. The number of rotatable bonds is 7. The molecule has 30 heavy (non-hydrogen) atoms. The number of amides is 1. The Morgan fingerprint density at radius 3 is 2.37 bits per heavy atom. The number of hydrogen-bond acceptors (Lipinski definition) is 5. The van der Waals surface area contributed by atoms with Crippen LogP contribution in [-0.2, 0) is 14.8 Å². The van der Waals surface area contributed by atoms with E-state index in [2.05, 4.69) is 22.3 Å². The van der Waals surface area contributed by atoms with Gasteiger partial charge in [-0.3, -0.25) is 9.69 Å². The summed E-state index contributed by atoms with van der Waals surface area (Å²) < 4.78 is 31.4. The summed E-state index contributed by atoms with van der Waals surface area (Å²) in [6.07, 6.45) is 0. The van der Waals surface area contributed by atoms with Gasteiger partial charge in [-0.15, -0.1) is 0 Å². The van der Waals surface area contributed by atoms with E-state index in [1.807, 2.05) is 25.1 Å². The van der Waals surface area contributed by atoms with E-state index in [9.17, 15) is 13.2 Å². The lowest BCUT2D eigenvalue weighted by molar-refractivity contribution is 0.00888. The maximum atomic E-state index is 13.0. The third-order valence-electron chi connectivity index (χ3n) is 5.29. The van der Waals surface area contributed by atoms with Gasteiger partial charge >= 0.3 is 0 Å². The average Bonchev–Trinajstić information content (AvgIpc) is 2.75. The summed E-state index contributed by atoms with van der Waals surface area (Å²) in [5.74, 6) is -0.299. The average molecular weight is 432 g/mol. The molecule has 0 aromatic heterocycles. The Morgan fingerprint density at radius 1 is 1.07 bits per heavy atom. The predicted molar refractivity (Wildman–Crippen MR) is 116 cm³/mol. The molecule has 1 amide bonds. The summed E-state index contributed by atoms with van der Waals surface area (Å²) in [6.45, 7) is 4.88. The molecule has 1 N–H and O–H groups in total. The van der Waals surface area contributed by atoms with Crippen molar-refractivity contribution in [1.29, 1.82) is 0 Å². The van der Waals surface area contributed by atoms with E-state index in [-0.39, 0.29) is 22.9 Å². The van der Waals surface area contributed by atoms with Crippen LogP contribution in [0, 0.1) is 0 Å². The third kappa shape index (κ3) is 5.07. The summed E-state index contributed by atoms with van der Waals surface area (Å²) in [5, 5.41) is 3.07. The topological polar surface area (TPSA) is 79.0 Å². The Bertz CT molecular complexity index is 957. The molecule has 2 aromatic rings. The number of ether oxygens (including phenoxy) is 1. The first kappa shape index (κ1) is 22.4. The first-order chi connectivity index (χ1) is 14.3. The standard InChI is InChI=1S/C22H29N3O4S/c1-17(21(18-8-5-4-6-9-18)25-12-14-29-15-13-25)23-22(26)19-10-7-11-20(16-19)30(27,28)24(2)3/h4-11,16-17,21H,12-15H2,1-3H3,(H,23,26)/t17-,21+/m0/s1. The highest BCUT2D eigenvalue weighted by Crippen LogP contribution is 2.26. The van der Waals surface area contributed by atoms with Gasteiger partial charge in [0.25, 0.3) is 5.91 Å². The Kier molecular flexibility index (Phi) is 7.25. The van der Waals surface area contributed by atoms with Gasteiger partial charge in [-0.25, -0.2) is 12.7 Å². The Balaban J connectivity index is 1.82. The van der Waals surface area contributed by atoms with Gasteiger partial charge in [-0.2, -0.15) is 0 Å². The molecule has 1 heterocycles. The Hall–Kier alpha value is -2.26. The predicted octanol–water partition coefficient (Wildman–Crippen LogP) is 2.13. The molecule has 0 radical (unpaired) electrons. The van der Waals surface area contributed by atoms with Crippen molar-refractivity contribution in [1.82, 2.24) is 14.5 Å². The van der Waals surface area contributed by atoms with Gasteiger partial charge in [0.2, 0.25) is 10.0 Å². The van der Waals surface area contributed by atoms with Crippen LogP contribution in [-0.4, -0.2) is 70.0 Å². The molecule has 0 aliphatic carbocycles. The van der Waals surface area contributed by atoms with Gasteiger partial charge in [0, 0.05) is 38.8 Å². The Labute approximate surface area is 178 Å². The lowest BCUT2D eigenvalue weighted by atomic mass is 9.97. The van der Waals surface area contributed by atoms with Gasteiger partial charge in [0.1, 0.15) is 0 Å². The molecule has 1 aliphatic heterocycles. The molecule has 2 aromatic carbocycles. The van der Waals surface area contributed by atoms with E-state index < -0.39 is 10.0 Å².